The van der Waals surface area contributed by atoms with Crippen molar-refractivity contribution in [3.8, 4) is 0 Å². The van der Waals surface area contributed by atoms with E-state index >= 15 is 0 Å². The highest BCUT2D eigenvalue weighted by atomic mass is 19.4. The van der Waals surface area contributed by atoms with Crippen LogP contribution >= 0.6 is 0 Å². The first-order valence-electron chi connectivity index (χ1n) is 4.15. The van der Waals surface area contributed by atoms with Crippen molar-refractivity contribution < 1.29 is 61.5 Å². The maximum Gasteiger partial charge on any atom is 0.445 e. The summed E-state index contributed by atoms with van der Waals surface area (Å²) in [6.45, 7) is 0. The van der Waals surface area contributed by atoms with Gasteiger partial charge < -0.3 is 0 Å². The predicted molar refractivity (Wildman–Crippen MR) is 35.9 cm³/mol. The Morgan fingerprint density at radius 2 is 0.667 bits per heavy atom. The van der Waals surface area contributed by atoms with Crippen LogP contribution in [0.25, 0.3) is 0 Å². The van der Waals surface area contributed by atoms with Gasteiger partial charge in [0.05, 0.1) is 0 Å². The third-order valence-electron chi connectivity index (χ3n) is 2.05. The molecule has 0 heterocycles. The lowest BCUT2D eigenvalue weighted by Gasteiger charge is -2.37. The third kappa shape index (κ3) is 3.02. The van der Waals surface area contributed by atoms with Gasteiger partial charge in [-0.15, -0.1) is 0 Å². The van der Waals surface area contributed by atoms with Crippen LogP contribution in [0.15, 0.2) is 11.7 Å². The molecule has 0 aromatic carbocycles. The van der Waals surface area contributed by atoms with Gasteiger partial charge in [0.15, 0.2) is 5.83 Å². The van der Waals surface area contributed by atoms with Crippen LogP contribution in [-0.2, 0) is 0 Å². The van der Waals surface area contributed by atoms with Crippen molar-refractivity contribution in [2.45, 2.75) is 24.7 Å². The van der Waals surface area contributed by atoms with E-state index in [2.05, 4.69) is 0 Å². The van der Waals surface area contributed by atoms with Crippen molar-refractivity contribution in [3.05, 3.63) is 11.7 Å². The summed E-state index contributed by atoms with van der Waals surface area (Å²) >= 11 is 0. The SMILES string of the molecule is F/C(=C(/F)C(C(F)(F)F)(C(F)(F)F)C(F)(F)F)C(F)(F)F. The average molecular weight is 350 g/mol. The zero-order chi connectivity index (χ0) is 17.7. The van der Waals surface area contributed by atoms with Crippen molar-refractivity contribution in [1.82, 2.24) is 0 Å². The molecule has 0 N–H and O–H groups in total. The fraction of sp³-hybridized carbons (Fsp3) is 0.714. The Hall–Kier alpha value is -1.24. The largest absolute Gasteiger partial charge is 0.445 e. The number of hydrogen-bond donors (Lipinski definition) is 0. The molecule has 0 aliphatic heterocycles. The lowest BCUT2D eigenvalue weighted by atomic mass is 9.83. The standard InChI is InChI=1S/C7F14/c8-1(2(9)4(10,11)12)3(5(13,14)15,6(16,17)18)7(19,20)21/b2-1+. The number of hydrogen-bond acceptors (Lipinski definition) is 0. The Morgan fingerprint density at radius 3 is 0.810 bits per heavy atom. The molecule has 0 aliphatic rings. The number of allylic oxidation sites excluding steroid dienone is 2. The number of rotatable bonds is 1. The zero-order valence-electron chi connectivity index (χ0n) is 8.79. The minimum absolute atomic E-state index is 4.78. The topological polar surface area (TPSA) is 0 Å². The molecule has 0 atom stereocenters. The van der Waals surface area contributed by atoms with Gasteiger partial charge >= 0.3 is 30.1 Å². The van der Waals surface area contributed by atoms with Crippen molar-refractivity contribution in [2.24, 2.45) is 5.41 Å². The molecule has 21 heavy (non-hydrogen) atoms. The predicted octanol–water partition coefficient (Wildman–Crippen LogP) is 5.37. The van der Waals surface area contributed by atoms with E-state index in [1.807, 2.05) is 0 Å². The second-order valence-electron chi connectivity index (χ2n) is 3.37. The highest BCUT2D eigenvalue weighted by molar-refractivity contribution is 5.23. The Kier molecular flexibility index (Phi) is 4.61. The Labute approximate surface area is 105 Å². The molecule has 0 spiro atoms. The van der Waals surface area contributed by atoms with Gasteiger partial charge in [-0.25, -0.2) is 4.39 Å². The minimum Gasteiger partial charge on any atom is -0.207 e. The summed E-state index contributed by atoms with van der Waals surface area (Å²) < 4.78 is 169. The van der Waals surface area contributed by atoms with E-state index < -0.39 is 41.8 Å². The van der Waals surface area contributed by atoms with E-state index in [0.29, 0.717) is 0 Å². The fourth-order valence-electron chi connectivity index (χ4n) is 1.14. The van der Waals surface area contributed by atoms with E-state index in [1.54, 1.807) is 0 Å². The Balaban J connectivity index is 6.90. The normalized spacial score (nSPS) is 16.9. The van der Waals surface area contributed by atoms with Gasteiger partial charge in [0, 0.05) is 0 Å². The third-order valence-corrected chi connectivity index (χ3v) is 2.05. The molecular weight excluding hydrogens is 350 g/mol. The van der Waals surface area contributed by atoms with Gasteiger partial charge in [0.25, 0.3) is 0 Å². The molecule has 0 amide bonds. The van der Waals surface area contributed by atoms with Crippen LogP contribution in [0.2, 0.25) is 0 Å². The number of halogens is 14. The molecular formula is C7F14. The quantitative estimate of drug-likeness (QED) is 0.558. The summed E-state index contributed by atoms with van der Waals surface area (Å²) in [6.07, 6.45) is -29.8. The molecule has 0 bridgehead atoms. The summed E-state index contributed by atoms with van der Waals surface area (Å²) in [5.41, 5.74) is -7.63. The van der Waals surface area contributed by atoms with Crippen LogP contribution < -0.4 is 0 Å². The monoisotopic (exact) mass is 350 g/mol. The van der Waals surface area contributed by atoms with Gasteiger partial charge in [0.2, 0.25) is 5.83 Å². The van der Waals surface area contributed by atoms with Crippen molar-refractivity contribution >= 4 is 0 Å². The maximum atomic E-state index is 12.7. The highest BCUT2D eigenvalue weighted by Crippen LogP contribution is 2.64. The first kappa shape index (κ1) is 19.8. The summed E-state index contributed by atoms with van der Waals surface area (Å²) in [7, 11) is 0. The first-order chi connectivity index (χ1) is 8.82. The van der Waals surface area contributed by atoms with Crippen LogP contribution in [0.4, 0.5) is 61.5 Å². The lowest BCUT2D eigenvalue weighted by molar-refractivity contribution is -0.416. The average Bonchev–Trinajstić information content (AvgIpc) is 2.07. The zero-order valence-corrected chi connectivity index (χ0v) is 8.79. The molecule has 0 nitrogen and oxygen atoms in total. The molecule has 0 aliphatic carbocycles. The van der Waals surface area contributed by atoms with Gasteiger partial charge in [-0.3, -0.25) is 0 Å². The van der Waals surface area contributed by atoms with Crippen LogP contribution in [0.5, 0.6) is 0 Å². The van der Waals surface area contributed by atoms with Crippen LogP contribution in [0, 0.1) is 5.41 Å². The van der Waals surface area contributed by atoms with Gasteiger partial charge in [-0.1, -0.05) is 0 Å². The van der Waals surface area contributed by atoms with Crippen LogP contribution in [-0.4, -0.2) is 24.7 Å². The van der Waals surface area contributed by atoms with E-state index in [9.17, 15) is 61.5 Å². The van der Waals surface area contributed by atoms with Crippen LogP contribution in [0.1, 0.15) is 0 Å². The second kappa shape index (κ2) is 4.90. The molecule has 0 radical (unpaired) electrons. The van der Waals surface area contributed by atoms with E-state index in [1.165, 1.54) is 0 Å². The van der Waals surface area contributed by atoms with E-state index in [4.69, 9.17) is 0 Å². The second-order valence-corrected chi connectivity index (χ2v) is 3.37. The van der Waals surface area contributed by atoms with E-state index in [0.717, 1.165) is 0 Å². The Morgan fingerprint density at radius 1 is 0.429 bits per heavy atom. The summed E-state index contributed by atoms with van der Waals surface area (Å²) in [5, 5.41) is 0. The van der Waals surface area contributed by atoms with Crippen LogP contribution in [0.3, 0.4) is 0 Å². The highest BCUT2D eigenvalue weighted by Gasteiger charge is 2.87. The van der Waals surface area contributed by atoms with Crippen molar-refractivity contribution in [1.29, 1.82) is 0 Å². The molecule has 126 valence electrons. The molecule has 0 fully saturated rings. The molecule has 0 saturated carbocycles. The van der Waals surface area contributed by atoms with Crippen molar-refractivity contribution in [3.63, 3.8) is 0 Å². The van der Waals surface area contributed by atoms with Crippen molar-refractivity contribution in [2.75, 3.05) is 0 Å². The molecule has 0 unspecified atom stereocenters. The summed E-state index contributed by atoms with van der Waals surface area (Å²) in [5.74, 6) is -9.86. The smallest absolute Gasteiger partial charge is 0.207 e. The molecule has 0 aromatic heterocycles. The van der Waals surface area contributed by atoms with E-state index in [-0.39, 0.29) is 0 Å². The van der Waals surface area contributed by atoms with Gasteiger partial charge in [0.1, 0.15) is 0 Å². The Bertz CT molecular complexity index is 375. The van der Waals surface area contributed by atoms with Gasteiger partial charge in [-0.2, -0.15) is 57.1 Å². The molecule has 0 aromatic rings. The molecule has 0 saturated heterocycles. The summed E-state index contributed by atoms with van der Waals surface area (Å²) in [4.78, 5) is 0. The summed E-state index contributed by atoms with van der Waals surface area (Å²) in [6, 6.07) is 0. The maximum absolute atomic E-state index is 12.7. The number of alkyl halides is 12. The fourth-order valence-corrected chi connectivity index (χ4v) is 1.14. The van der Waals surface area contributed by atoms with Gasteiger partial charge in [-0.05, 0) is 0 Å². The minimum atomic E-state index is -7.67. The lowest BCUT2D eigenvalue weighted by Crippen LogP contribution is -2.60. The molecule has 0 rings (SSSR count). The molecule has 14 heteroatoms. The first-order valence-corrected chi connectivity index (χ1v) is 4.15.